The van der Waals surface area contributed by atoms with E-state index in [4.69, 9.17) is 0 Å². The van der Waals surface area contributed by atoms with Crippen LogP contribution in [0.4, 0.5) is 0 Å². The minimum atomic E-state index is 0.612. The lowest BCUT2D eigenvalue weighted by Gasteiger charge is -2.35. The first-order valence-corrected chi connectivity index (χ1v) is 16.1. The summed E-state index contributed by atoms with van der Waals surface area (Å²) in [5.41, 5.74) is 0. The van der Waals surface area contributed by atoms with Crippen LogP contribution in [0.1, 0.15) is 187 Å². The number of hydrogen-bond acceptors (Lipinski definition) is 0. The minimum Gasteiger partial charge on any atom is -0.0673 e. The molecule has 0 radical (unpaired) electrons. The van der Waals surface area contributed by atoms with Crippen molar-refractivity contribution in [3.05, 3.63) is 0 Å². The van der Waals surface area contributed by atoms with Crippen LogP contribution in [0.5, 0.6) is 0 Å². The van der Waals surface area contributed by atoms with Crippen molar-refractivity contribution in [2.45, 2.75) is 198 Å². The van der Waals surface area contributed by atoms with Crippen LogP contribution in [-0.4, -0.2) is 14.3 Å². The normalized spacial score (nSPS) is 26.1. The van der Waals surface area contributed by atoms with Gasteiger partial charge in [-0.15, -0.1) is 0 Å². The molecule has 2 fully saturated rings. The summed E-state index contributed by atoms with van der Waals surface area (Å²) in [7, 11) is 3.01. The van der Waals surface area contributed by atoms with E-state index in [0.29, 0.717) is 10.6 Å². The second-order valence-corrected chi connectivity index (χ2v) is 13.3. The van der Waals surface area contributed by atoms with Gasteiger partial charge in [-0.1, -0.05) is 198 Å². The Morgan fingerprint density at radius 1 is 0.273 bits per heavy atom. The van der Waals surface area contributed by atoms with E-state index in [1.54, 1.807) is 0 Å². The Labute approximate surface area is 212 Å². The fourth-order valence-corrected chi connectivity index (χ4v) is 6.92. The fourth-order valence-electron chi connectivity index (χ4n) is 6.92. The summed E-state index contributed by atoms with van der Waals surface area (Å²) >= 11 is 0. The second-order valence-electron chi connectivity index (χ2n) is 13.3. The van der Waals surface area contributed by atoms with Crippen molar-refractivity contribution in [2.75, 3.05) is 0 Å². The zero-order chi connectivity index (χ0) is 23.5. The summed E-state index contributed by atoms with van der Waals surface area (Å²) in [6.07, 6.45) is 40.4. The van der Waals surface area contributed by atoms with Gasteiger partial charge in [-0.25, -0.2) is 0 Å². The molecule has 192 valence electrons. The maximum Gasteiger partial charge on any atom is 0.0948 e. The van der Waals surface area contributed by atoms with Crippen LogP contribution in [-0.2, 0) is 0 Å². The first kappa shape index (κ1) is 29.4. The molecule has 0 atom stereocenters. The molecule has 0 heterocycles. The Morgan fingerprint density at radius 2 is 0.424 bits per heavy atom. The highest BCUT2D eigenvalue weighted by Crippen LogP contribution is 2.43. The third kappa shape index (κ3) is 15.0. The molecule has 0 bridgehead atoms. The molecule has 2 aliphatic rings. The molecular weight excluding hydrogens is 394 g/mol. The maximum atomic E-state index is 2.69. The lowest BCUT2D eigenvalue weighted by molar-refractivity contribution is 0.437. The van der Waals surface area contributed by atoms with Crippen molar-refractivity contribution < 1.29 is 0 Å². The van der Waals surface area contributed by atoms with Crippen LogP contribution in [0.15, 0.2) is 0 Å². The van der Waals surface area contributed by atoms with E-state index in [1.807, 2.05) is 0 Å². The molecule has 2 saturated carbocycles. The molecule has 0 unspecified atom stereocenters. The average molecular weight is 456 g/mol. The summed E-state index contributed by atoms with van der Waals surface area (Å²) in [5, 5.41) is 1.23. The SMILES string of the molecule is CC1(BBC2(C)CCCCCCCCCCCC2)CCCCCCCCCCCCCCC1. The van der Waals surface area contributed by atoms with Gasteiger partial charge in [0.25, 0.3) is 0 Å². The van der Waals surface area contributed by atoms with Gasteiger partial charge in [0.2, 0.25) is 0 Å². The molecular formula is C31H62B2. The largest absolute Gasteiger partial charge is 0.0948 e. The quantitative estimate of drug-likeness (QED) is 0.371. The molecule has 0 amide bonds. The third-order valence-corrected chi connectivity index (χ3v) is 9.70. The van der Waals surface area contributed by atoms with Crippen molar-refractivity contribution in [2.24, 2.45) is 0 Å². The Balaban J connectivity index is 1.87. The van der Waals surface area contributed by atoms with Crippen molar-refractivity contribution in [1.82, 2.24) is 0 Å². The molecule has 0 aromatic rings. The molecule has 0 saturated heterocycles. The summed E-state index contributed by atoms with van der Waals surface area (Å²) in [4.78, 5) is 0. The molecule has 0 aliphatic heterocycles. The second kappa shape index (κ2) is 18.4. The highest BCUT2D eigenvalue weighted by Gasteiger charge is 2.31. The van der Waals surface area contributed by atoms with E-state index in [0.717, 1.165) is 0 Å². The molecule has 2 aliphatic carbocycles. The zero-order valence-corrected chi connectivity index (χ0v) is 23.5. The van der Waals surface area contributed by atoms with Crippen LogP contribution >= 0.6 is 0 Å². The van der Waals surface area contributed by atoms with E-state index < -0.39 is 0 Å². The molecule has 0 aromatic heterocycles. The van der Waals surface area contributed by atoms with E-state index in [-0.39, 0.29) is 0 Å². The Kier molecular flexibility index (Phi) is 16.4. The van der Waals surface area contributed by atoms with Gasteiger partial charge in [0.15, 0.2) is 0 Å². The van der Waals surface area contributed by atoms with Crippen molar-refractivity contribution in [3.8, 4) is 0 Å². The molecule has 0 aromatic carbocycles. The topological polar surface area (TPSA) is 0 Å². The number of hydrogen-bond donors (Lipinski definition) is 0. The van der Waals surface area contributed by atoms with Crippen LogP contribution in [0.3, 0.4) is 0 Å². The lowest BCUT2D eigenvalue weighted by Crippen LogP contribution is -2.31. The standard InChI is InChI=1S/C31H62B2/c1-30(26-22-18-14-10-6-4-3-5-7-11-15-19-23-27-30)32-33-31(2)28-24-20-16-12-8-9-13-17-21-25-29-31/h32-33H,3-29H2,1-2H3. The summed E-state index contributed by atoms with van der Waals surface area (Å²) < 4.78 is 0. The zero-order valence-electron chi connectivity index (χ0n) is 23.5. The van der Waals surface area contributed by atoms with Gasteiger partial charge in [0.05, 0.1) is 14.3 Å². The van der Waals surface area contributed by atoms with Gasteiger partial charge < -0.3 is 0 Å². The van der Waals surface area contributed by atoms with Crippen LogP contribution in [0, 0.1) is 0 Å². The summed E-state index contributed by atoms with van der Waals surface area (Å²) in [6, 6.07) is 0. The predicted molar refractivity (Wildman–Crippen MR) is 156 cm³/mol. The maximum absolute atomic E-state index is 2.69. The van der Waals surface area contributed by atoms with Crippen LogP contribution in [0.2, 0.25) is 10.6 Å². The van der Waals surface area contributed by atoms with Gasteiger partial charge >= 0.3 is 0 Å². The Morgan fingerprint density at radius 3 is 0.606 bits per heavy atom. The third-order valence-electron chi connectivity index (χ3n) is 9.70. The van der Waals surface area contributed by atoms with Gasteiger partial charge in [-0.2, -0.15) is 0 Å². The van der Waals surface area contributed by atoms with Crippen LogP contribution < -0.4 is 0 Å². The highest BCUT2D eigenvalue weighted by atomic mass is 14.2. The van der Waals surface area contributed by atoms with Gasteiger partial charge in [0, 0.05) is 0 Å². The van der Waals surface area contributed by atoms with E-state index in [1.165, 1.54) is 188 Å². The molecule has 2 rings (SSSR count). The van der Waals surface area contributed by atoms with E-state index >= 15 is 0 Å². The summed E-state index contributed by atoms with van der Waals surface area (Å²) in [5.74, 6) is 0. The Hall–Kier alpha value is 0.130. The molecule has 0 N–H and O–H groups in total. The highest BCUT2D eigenvalue weighted by molar-refractivity contribution is 7.03. The predicted octanol–water partition coefficient (Wildman–Crippen LogP) is 10.7. The first-order chi connectivity index (χ1) is 16.1. The monoisotopic (exact) mass is 457 g/mol. The van der Waals surface area contributed by atoms with Gasteiger partial charge in [0.1, 0.15) is 0 Å². The van der Waals surface area contributed by atoms with E-state index in [2.05, 4.69) is 13.8 Å². The Bertz CT molecular complexity index is 416. The molecule has 0 spiro atoms. The van der Waals surface area contributed by atoms with Crippen molar-refractivity contribution >= 4 is 14.3 Å². The van der Waals surface area contributed by atoms with Crippen molar-refractivity contribution in [1.29, 1.82) is 0 Å². The van der Waals surface area contributed by atoms with Gasteiger partial charge in [-0.3, -0.25) is 0 Å². The average Bonchev–Trinajstić information content (AvgIpc) is 2.82. The van der Waals surface area contributed by atoms with Crippen LogP contribution in [0.25, 0.3) is 0 Å². The summed E-state index contributed by atoms with van der Waals surface area (Å²) in [6.45, 7) is 5.38. The minimum absolute atomic E-state index is 0.612. The molecule has 0 nitrogen and oxygen atoms in total. The van der Waals surface area contributed by atoms with Crippen molar-refractivity contribution in [3.63, 3.8) is 0 Å². The van der Waals surface area contributed by atoms with E-state index in [9.17, 15) is 0 Å². The molecule has 33 heavy (non-hydrogen) atoms. The first-order valence-electron chi connectivity index (χ1n) is 16.1. The van der Waals surface area contributed by atoms with Gasteiger partial charge in [-0.05, 0) is 0 Å². The smallest absolute Gasteiger partial charge is 0.0673 e. The number of rotatable bonds is 3. The lowest BCUT2D eigenvalue weighted by atomic mass is 9.20. The fraction of sp³-hybridized carbons (Fsp3) is 1.00. The molecule has 2 heteroatoms.